The minimum absolute atomic E-state index is 0.119. The Kier molecular flexibility index (Phi) is 6.70. The highest BCUT2D eigenvalue weighted by Crippen LogP contribution is 2.41. The lowest BCUT2D eigenvalue weighted by atomic mass is 9.93. The second kappa shape index (κ2) is 14.6. The summed E-state index contributed by atoms with van der Waals surface area (Å²) in [6, 6.07) is 57.8. The van der Waals surface area contributed by atoms with Crippen LogP contribution in [-0.4, -0.2) is 0 Å². The van der Waals surface area contributed by atoms with Crippen molar-refractivity contribution in [3.63, 3.8) is 0 Å². The molecule has 0 aliphatic carbocycles. The molecule has 0 amide bonds. The molecule has 11 aromatic rings. The summed E-state index contributed by atoms with van der Waals surface area (Å²) in [7, 11) is 0. The average molecular weight is 758 g/mol. The van der Waals surface area contributed by atoms with Crippen molar-refractivity contribution in [2.24, 2.45) is 0 Å². The molecule has 0 aromatic heterocycles. The highest BCUT2D eigenvalue weighted by atomic mass is 15.1. The fourth-order valence-corrected chi connectivity index (χ4v) is 8.29. The topological polar surface area (TPSA) is 3.24 Å². The van der Waals surface area contributed by atoms with Crippen molar-refractivity contribution in [1.82, 2.24) is 0 Å². The largest absolute Gasteiger partial charge is 0.311 e. The number of anilines is 3. The molecule has 1 heteroatoms. The van der Waals surface area contributed by atoms with Gasteiger partial charge < -0.3 is 4.90 Å². The lowest BCUT2D eigenvalue weighted by Gasteiger charge is -2.26. The van der Waals surface area contributed by atoms with Gasteiger partial charge in [0.25, 0.3) is 0 Å². The first-order valence-corrected chi connectivity index (χ1v) is 19.7. The number of hydrogen-bond donors (Lipinski definition) is 0. The molecule has 0 saturated heterocycles. The molecule has 59 heavy (non-hydrogen) atoms. The van der Waals surface area contributed by atoms with E-state index in [-0.39, 0.29) is 46.7 Å². The number of hydrogen-bond acceptors (Lipinski definition) is 1. The van der Waals surface area contributed by atoms with Gasteiger partial charge in [0, 0.05) is 17.1 Å². The second-order valence-corrected chi connectivity index (χ2v) is 14.7. The van der Waals surface area contributed by atoms with Gasteiger partial charge in [0.1, 0.15) is 0 Å². The van der Waals surface area contributed by atoms with Crippen molar-refractivity contribution >= 4 is 60.2 Å². The van der Waals surface area contributed by atoms with E-state index in [4.69, 9.17) is 0 Å². The summed E-state index contributed by atoms with van der Waals surface area (Å²) in [6.45, 7) is 0. The van der Waals surface area contributed by atoms with Gasteiger partial charge in [-0.1, -0.05) is 188 Å². The maximum atomic E-state index is 9.73. The van der Waals surface area contributed by atoms with E-state index in [2.05, 4.69) is 24.3 Å². The van der Waals surface area contributed by atoms with Crippen LogP contribution in [0.5, 0.6) is 0 Å². The van der Waals surface area contributed by atoms with Crippen LogP contribution in [0.15, 0.2) is 236 Å². The van der Waals surface area contributed by atoms with Gasteiger partial charge in [0.05, 0.1) is 11.0 Å². The van der Waals surface area contributed by atoms with Crippen LogP contribution in [-0.2, 0) is 0 Å². The Bertz CT molecular complexity index is 3530. The van der Waals surface area contributed by atoms with Crippen LogP contribution < -0.4 is 4.90 Å². The molecule has 0 unspecified atom stereocenters. The van der Waals surface area contributed by atoms with Crippen molar-refractivity contribution in [2.75, 3.05) is 4.90 Å². The zero-order chi connectivity index (χ0) is 46.1. The van der Waals surface area contributed by atoms with E-state index >= 15 is 0 Å². The Morgan fingerprint density at radius 3 is 1.03 bits per heavy atom. The summed E-state index contributed by atoms with van der Waals surface area (Å²) in [5.41, 5.74) is 5.22. The zero-order valence-corrected chi connectivity index (χ0v) is 31.8. The first-order chi connectivity index (χ1) is 32.6. The third-order valence-corrected chi connectivity index (χ3v) is 11.2. The Morgan fingerprint density at radius 2 is 0.593 bits per heavy atom. The van der Waals surface area contributed by atoms with Gasteiger partial charge in [-0.3, -0.25) is 0 Å². The Morgan fingerprint density at radius 1 is 0.254 bits per heavy atom. The molecule has 0 saturated carbocycles. The van der Waals surface area contributed by atoms with Crippen LogP contribution in [0.25, 0.3) is 87.6 Å². The molecule has 0 aliphatic rings. The molecule has 1 nitrogen and oxygen atoms in total. The SMILES string of the molecule is [2H]c1c([2H])c(N(c2ccc(-c3ccc(-c4ccccc4)cc3)cc2)c2c([2H])c([2H])c(-c3cc4ccccc4c4ccccc34)c([2H])c2[2H])c([2H])c([2H])c1-c1cc2ccccc2c2ccccc12. The van der Waals surface area contributed by atoms with E-state index in [1.165, 1.54) is 4.90 Å². The fraction of sp³-hybridized carbons (Fsp3) is 0. The molecule has 0 N–H and O–H groups in total. The molecular formula is C58H39N. The molecule has 0 fully saturated rings. The molecule has 0 atom stereocenters. The monoisotopic (exact) mass is 757 g/mol. The van der Waals surface area contributed by atoms with Gasteiger partial charge >= 0.3 is 0 Å². The highest BCUT2D eigenvalue weighted by molar-refractivity contribution is 6.15. The van der Waals surface area contributed by atoms with E-state index in [1.54, 1.807) is 12.1 Å². The van der Waals surface area contributed by atoms with Crippen LogP contribution >= 0.6 is 0 Å². The number of fused-ring (bicyclic) bond motifs is 6. The fourth-order valence-electron chi connectivity index (χ4n) is 8.29. The molecular weight excluding hydrogens is 711 g/mol. The second-order valence-electron chi connectivity index (χ2n) is 14.7. The molecule has 11 aromatic carbocycles. The van der Waals surface area contributed by atoms with Gasteiger partial charge in [-0.2, -0.15) is 0 Å². The maximum Gasteiger partial charge on any atom is 0.0645 e. The van der Waals surface area contributed by atoms with Crippen LogP contribution in [0.4, 0.5) is 17.1 Å². The van der Waals surface area contributed by atoms with Crippen LogP contribution in [0.3, 0.4) is 0 Å². The minimum Gasteiger partial charge on any atom is -0.311 e. The molecule has 0 aliphatic heterocycles. The lowest BCUT2D eigenvalue weighted by Crippen LogP contribution is -2.09. The molecule has 0 radical (unpaired) electrons. The average Bonchev–Trinajstić information content (AvgIpc) is 3.37. The van der Waals surface area contributed by atoms with E-state index in [0.29, 0.717) is 16.8 Å². The summed E-state index contributed by atoms with van der Waals surface area (Å²) in [5, 5.41) is 7.14. The van der Waals surface area contributed by atoms with E-state index in [9.17, 15) is 11.0 Å². The van der Waals surface area contributed by atoms with Crippen molar-refractivity contribution in [1.29, 1.82) is 0 Å². The predicted molar refractivity (Wildman–Crippen MR) is 253 cm³/mol. The first-order valence-electron chi connectivity index (χ1n) is 23.7. The minimum atomic E-state index is -0.393. The number of rotatable bonds is 7. The van der Waals surface area contributed by atoms with E-state index < -0.39 is 24.2 Å². The summed E-state index contributed by atoms with van der Waals surface area (Å²) >= 11 is 0. The summed E-state index contributed by atoms with van der Waals surface area (Å²) in [5.74, 6) is 0. The van der Waals surface area contributed by atoms with Crippen LogP contribution in [0, 0.1) is 0 Å². The van der Waals surface area contributed by atoms with Gasteiger partial charge in [-0.15, -0.1) is 0 Å². The Labute approximate surface area is 356 Å². The van der Waals surface area contributed by atoms with E-state index in [1.807, 2.05) is 152 Å². The maximum absolute atomic E-state index is 9.73. The van der Waals surface area contributed by atoms with Gasteiger partial charge in [0.15, 0.2) is 0 Å². The normalized spacial score (nSPS) is 13.3. The van der Waals surface area contributed by atoms with Crippen molar-refractivity contribution < 1.29 is 11.0 Å². The Balaban J connectivity index is 1.13. The van der Waals surface area contributed by atoms with Crippen molar-refractivity contribution in [2.45, 2.75) is 0 Å². The molecule has 0 heterocycles. The summed E-state index contributed by atoms with van der Waals surface area (Å²) < 4.78 is 77.5. The number of benzene rings is 11. The van der Waals surface area contributed by atoms with E-state index in [0.717, 1.165) is 65.3 Å². The summed E-state index contributed by atoms with van der Waals surface area (Å²) in [4.78, 5) is 1.37. The molecule has 0 spiro atoms. The lowest BCUT2D eigenvalue weighted by molar-refractivity contribution is 1.28. The third kappa shape index (κ3) is 6.30. The molecule has 0 bridgehead atoms. The smallest absolute Gasteiger partial charge is 0.0645 e. The van der Waals surface area contributed by atoms with Crippen LogP contribution in [0.2, 0.25) is 0 Å². The van der Waals surface area contributed by atoms with Gasteiger partial charge in [-0.25, -0.2) is 0 Å². The summed E-state index contributed by atoms with van der Waals surface area (Å²) in [6.07, 6.45) is 0. The zero-order valence-electron chi connectivity index (χ0n) is 39.8. The molecule has 11 rings (SSSR count). The number of nitrogens with zero attached hydrogens (tertiary/aromatic N) is 1. The standard InChI is InChI=1S/C58H39N/c1-2-12-40(13-3-1)41-22-24-42(25-23-41)43-26-32-48(33-27-43)59(49-34-28-44(29-35-49)57-38-46-14-4-6-16-51(46)53-18-8-10-20-55(53)57)50-36-30-45(31-37-50)58-39-47-15-5-7-17-52(47)54-19-9-11-21-56(54)58/h1-39H/i28D,29D,30D,31D,34D,35D,36D,37D. The molecule has 276 valence electrons. The van der Waals surface area contributed by atoms with Crippen molar-refractivity contribution in [3.05, 3.63) is 236 Å². The highest BCUT2D eigenvalue weighted by Gasteiger charge is 2.16. The van der Waals surface area contributed by atoms with Crippen LogP contribution in [0.1, 0.15) is 11.0 Å². The van der Waals surface area contributed by atoms with Gasteiger partial charge in [-0.05, 0) is 136 Å². The van der Waals surface area contributed by atoms with Crippen molar-refractivity contribution in [3.8, 4) is 44.5 Å². The third-order valence-electron chi connectivity index (χ3n) is 11.2. The Hall–Kier alpha value is -7.74. The predicted octanol–water partition coefficient (Wildman–Crippen LogP) is 16.4. The first kappa shape index (κ1) is 27.0. The van der Waals surface area contributed by atoms with Gasteiger partial charge in [0.2, 0.25) is 0 Å². The quantitative estimate of drug-likeness (QED) is 0.146.